The Hall–Kier alpha value is -5.59. The van der Waals surface area contributed by atoms with Gasteiger partial charge in [-0.05, 0) is 60.0 Å². The van der Waals surface area contributed by atoms with E-state index in [-0.39, 0.29) is 23.3 Å². The van der Waals surface area contributed by atoms with Gasteiger partial charge in [0, 0.05) is 30.7 Å². The minimum Gasteiger partial charge on any atom is -0.496 e. The number of ether oxygens (including phenoxy) is 3. The zero-order valence-corrected chi connectivity index (χ0v) is 40.7. The highest BCUT2D eigenvalue weighted by Crippen LogP contribution is 2.49. The van der Waals surface area contributed by atoms with Crippen LogP contribution in [0.5, 0.6) is 11.6 Å². The Labute approximate surface area is 381 Å². The molecule has 7 rings (SSSR count). The molecule has 3 aromatic heterocycles. The minimum absolute atomic E-state index is 0.0422. The largest absolute Gasteiger partial charge is 0.496 e. The van der Waals surface area contributed by atoms with Crippen molar-refractivity contribution in [3.8, 4) is 11.6 Å². The van der Waals surface area contributed by atoms with Gasteiger partial charge in [-0.3, -0.25) is 14.0 Å². The number of β-lactam (4-membered cyclic amide) rings is 1. The summed E-state index contributed by atoms with van der Waals surface area (Å²) in [6, 6.07) is 28.7. The number of pyridine rings is 1. The van der Waals surface area contributed by atoms with Crippen LogP contribution < -0.4 is 25.4 Å². The predicted molar refractivity (Wildman–Crippen MR) is 260 cm³/mol. The maximum Gasteiger partial charge on any atom is 0.339 e. The van der Waals surface area contributed by atoms with Gasteiger partial charge in [-0.25, -0.2) is 14.8 Å². The number of esters is 1. The summed E-state index contributed by atoms with van der Waals surface area (Å²) in [5.41, 5.74) is 1.89. The van der Waals surface area contributed by atoms with Crippen molar-refractivity contribution in [2.45, 2.75) is 71.3 Å². The standard InChI is InChI=1S/C50H57N4O7PSSi/c1-11-28-60-49(57)37-24-18-19-25-41(37)62(35-20-14-12-15-21-35,36-22-16-13-17-23-36)32-54-44(43(47(54)56)34(3)61-64(9,10)50(4,5)6)33(2)45(55)42-30-53-31-52-39(48(53)63-42)29-38-40(58-7)26-27-51-46(38)59-8/h11-27,30-34,43-44H,1,28-29H2,2-10H3/t33-,34-,43-,44-/m1/s1. The summed E-state index contributed by atoms with van der Waals surface area (Å²) in [4.78, 5) is 56.4. The van der Waals surface area contributed by atoms with E-state index in [0.29, 0.717) is 28.5 Å². The van der Waals surface area contributed by atoms with Crippen molar-refractivity contribution in [3.63, 3.8) is 0 Å². The Morgan fingerprint density at radius 3 is 2.17 bits per heavy atom. The number of carbonyl (C=O) groups is 3. The molecule has 6 aromatic rings. The van der Waals surface area contributed by atoms with E-state index >= 15 is 9.59 Å². The van der Waals surface area contributed by atoms with E-state index in [4.69, 9.17) is 23.6 Å². The minimum atomic E-state index is -3.03. The van der Waals surface area contributed by atoms with E-state index in [2.05, 4.69) is 45.4 Å². The average Bonchev–Trinajstić information content (AvgIpc) is 3.89. The number of carbonyl (C=O) groups excluding carboxylic acids is 3. The summed E-state index contributed by atoms with van der Waals surface area (Å²) in [5, 5.41) is 2.48. The predicted octanol–water partition coefficient (Wildman–Crippen LogP) is 8.55. The van der Waals surface area contributed by atoms with E-state index in [1.165, 1.54) is 11.3 Å². The lowest BCUT2D eigenvalue weighted by Crippen LogP contribution is -2.68. The fourth-order valence-corrected chi connectivity index (χ4v) is 14.9. The highest BCUT2D eigenvalue weighted by atomic mass is 32.1. The van der Waals surface area contributed by atoms with Crippen LogP contribution in [0.3, 0.4) is 0 Å². The molecule has 4 heterocycles. The normalized spacial score (nSPS) is 16.5. The Bertz CT molecular complexity index is 2660. The first kappa shape index (κ1) is 46.4. The molecule has 334 valence electrons. The van der Waals surface area contributed by atoms with Crippen LogP contribution in [-0.4, -0.2) is 84.1 Å². The highest BCUT2D eigenvalue weighted by Gasteiger charge is 2.56. The maximum atomic E-state index is 15.2. The number of nitrogens with zero attached hydrogens (tertiary/aromatic N) is 4. The lowest BCUT2D eigenvalue weighted by Gasteiger charge is -2.53. The molecule has 1 aliphatic heterocycles. The van der Waals surface area contributed by atoms with Crippen LogP contribution in [0.15, 0.2) is 122 Å². The highest BCUT2D eigenvalue weighted by molar-refractivity contribution is 7.94. The van der Waals surface area contributed by atoms with Crippen LogP contribution in [0.2, 0.25) is 18.1 Å². The van der Waals surface area contributed by atoms with Gasteiger partial charge in [0.1, 0.15) is 23.5 Å². The van der Waals surface area contributed by atoms with Gasteiger partial charge >= 0.3 is 5.97 Å². The number of imidazole rings is 1. The summed E-state index contributed by atoms with van der Waals surface area (Å²) in [7, 11) is 0.799. The topological polar surface area (TPSA) is 122 Å². The fraction of sp³-hybridized carbons (Fsp3) is 0.320. The summed E-state index contributed by atoms with van der Waals surface area (Å²) < 4.78 is 25.8. The summed E-state index contributed by atoms with van der Waals surface area (Å²) >= 11 is 1.36. The van der Waals surface area contributed by atoms with E-state index < -0.39 is 45.2 Å². The molecule has 0 spiro atoms. The molecule has 0 unspecified atom stereocenters. The van der Waals surface area contributed by atoms with Gasteiger partial charge < -0.3 is 23.5 Å². The molecule has 3 aromatic carbocycles. The van der Waals surface area contributed by atoms with Gasteiger partial charge in [-0.15, -0.1) is 11.3 Å². The van der Waals surface area contributed by atoms with Crippen LogP contribution in [0, 0.1) is 11.8 Å². The SMILES string of the molecule is C=CCOC(=O)c1ccccc1P(=CN1C(=O)[C@H]([C@@H](C)O[Si](C)(C)C(C)(C)C)[C@H]1[C@@H](C)C(=O)c1cn2cnc(Cc3c(OC)ccnc3OC)c2s1)(c1ccccc1)c1ccccc1. The molecule has 1 fully saturated rings. The number of likely N-dealkylation sites (tertiary alicyclic amines) is 1. The molecule has 4 atom stereocenters. The number of aromatic nitrogens is 3. The molecule has 11 nitrogen and oxygen atoms in total. The molecule has 0 N–H and O–H groups in total. The number of rotatable bonds is 17. The number of Topliss-reactive ketones (excluding diaryl/α,β-unsaturated/α-hetero) is 1. The number of ketones is 1. The summed E-state index contributed by atoms with van der Waals surface area (Å²) in [6.45, 7) is 15.5. The van der Waals surface area contributed by atoms with Gasteiger partial charge in [-0.1, -0.05) is 119 Å². The number of fused-ring (bicyclic) bond motifs is 1. The maximum absolute atomic E-state index is 15.2. The average molecular weight is 917 g/mol. The van der Waals surface area contributed by atoms with Crippen LogP contribution in [0.1, 0.15) is 65.9 Å². The third kappa shape index (κ3) is 8.66. The van der Waals surface area contributed by atoms with E-state index in [0.717, 1.165) is 32.0 Å². The fourth-order valence-electron chi connectivity index (χ4n) is 8.35. The Kier molecular flexibility index (Phi) is 13.7. The Balaban J connectivity index is 1.39. The van der Waals surface area contributed by atoms with Crippen molar-refractivity contribution in [1.82, 2.24) is 19.3 Å². The third-order valence-electron chi connectivity index (χ3n) is 12.7. The summed E-state index contributed by atoms with van der Waals surface area (Å²) in [5.74, 6) is 1.09. The molecule has 0 bridgehead atoms. The number of hydrogen-bond donors (Lipinski definition) is 0. The first-order chi connectivity index (χ1) is 30.6. The first-order valence-electron chi connectivity index (χ1n) is 21.4. The number of amides is 1. The second kappa shape index (κ2) is 18.9. The summed E-state index contributed by atoms with van der Waals surface area (Å²) in [6.07, 6.45) is 6.59. The molecule has 0 aliphatic carbocycles. The zero-order valence-electron chi connectivity index (χ0n) is 38.0. The Morgan fingerprint density at radius 2 is 1.56 bits per heavy atom. The zero-order chi connectivity index (χ0) is 46.0. The van der Waals surface area contributed by atoms with Crippen molar-refractivity contribution in [2.75, 3.05) is 20.8 Å². The van der Waals surface area contributed by atoms with Crippen molar-refractivity contribution in [2.24, 2.45) is 11.8 Å². The van der Waals surface area contributed by atoms with Crippen molar-refractivity contribution in [1.29, 1.82) is 0 Å². The lowest BCUT2D eigenvalue weighted by molar-refractivity contribution is -0.155. The quantitative estimate of drug-likeness (QED) is 0.0221. The van der Waals surface area contributed by atoms with Crippen molar-refractivity contribution in [3.05, 3.63) is 144 Å². The van der Waals surface area contributed by atoms with E-state index in [9.17, 15) is 4.79 Å². The smallest absolute Gasteiger partial charge is 0.339 e. The van der Waals surface area contributed by atoms with Crippen LogP contribution >= 0.6 is 18.2 Å². The van der Waals surface area contributed by atoms with Crippen LogP contribution in [0.4, 0.5) is 0 Å². The monoisotopic (exact) mass is 916 g/mol. The van der Waals surface area contributed by atoms with Crippen LogP contribution in [-0.2, 0) is 20.4 Å². The molecular formula is C50H57N4O7PSSi. The van der Waals surface area contributed by atoms with Gasteiger partial charge in [0.25, 0.3) is 0 Å². The van der Waals surface area contributed by atoms with Gasteiger partial charge in [-0.2, -0.15) is 0 Å². The Morgan fingerprint density at radius 1 is 0.922 bits per heavy atom. The second-order valence-corrected chi connectivity index (χ2v) is 26.6. The first-order valence-corrected chi connectivity index (χ1v) is 26.9. The molecular weight excluding hydrogens is 860 g/mol. The van der Waals surface area contributed by atoms with E-state index in [1.54, 1.807) is 49.9 Å². The lowest BCUT2D eigenvalue weighted by atomic mass is 9.75. The van der Waals surface area contributed by atoms with Gasteiger partial charge in [0.05, 0.1) is 54.0 Å². The second-order valence-electron chi connectivity index (χ2n) is 17.6. The molecule has 14 heteroatoms. The molecule has 64 heavy (non-hydrogen) atoms. The number of benzene rings is 3. The van der Waals surface area contributed by atoms with Gasteiger partial charge in [0.2, 0.25) is 11.8 Å². The molecule has 1 aliphatic rings. The number of hydrogen-bond acceptors (Lipinski definition) is 10. The molecule has 1 amide bonds. The van der Waals surface area contributed by atoms with E-state index in [1.807, 2.05) is 109 Å². The van der Waals surface area contributed by atoms with Crippen LogP contribution in [0.25, 0.3) is 4.83 Å². The molecule has 1 saturated heterocycles. The number of methoxy groups -OCH3 is 2. The molecule has 0 saturated carbocycles. The van der Waals surface area contributed by atoms with Crippen molar-refractivity contribution < 1.29 is 33.0 Å². The third-order valence-corrected chi connectivity index (χ3v) is 22.4. The number of thiazole rings is 1. The van der Waals surface area contributed by atoms with Gasteiger partial charge in [0.15, 0.2) is 14.1 Å². The van der Waals surface area contributed by atoms with Crippen molar-refractivity contribution >= 4 is 70.9 Å². The molecule has 0 radical (unpaired) electrons.